The summed E-state index contributed by atoms with van der Waals surface area (Å²) in [5.74, 6) is 0.358. The van der Waals surface area contributed by atoms with E-state index in [1.165, 1.54) is 0 Å². The van der Waals surface area contributed by atoms with Gasteiger partial charge in [0.1, 0.15) is 5.75 Å². The highest BCUT2D eigenvalue weighted by Gasteiger charge is 2.10. The van der Waals surface area contributed by atoms with E-state index in [0.717, 1.165) is 5.56 Å². The summed E-state index contributed by atoms with van der Waals surface area (Å²) >= 11 is 0. The third kappa shape index (κ3) is 3.24. The molecule has 0 aliphatic carbocycles. The van der Waals surface area contributed by atoms with Crippen LogP contribution in [0.3, 0.4) is 0 Å². The average molecular weight is 223 g/mol. The number of hydrogen-bond acceptors (Lipinski definition) is 3. The van der Waals surface area contributed by atoms with Crippen LogP contribution in [0.2, 0.25) is 0 Å². The zero-order chi connectivity index (χ0) is 12.1. The number of likely N-dealkylation sites (N-methyl/N-ethyl adjacent to an activating group) is 1. The van der Waals surface area contributed by atoms with Crippen LogP contribution in [0.15, 0.2) is 18.2 Å². The van der Waals surface area contributed by atoms with Gasteiger partial charge in [-0.2, -0.15) is 0 Å². The maximum atomic E-state index is 11.1. The van der Waals surface area contributed by atoms with Crippen molar-refractivity contribution >= 4 is 5.91 Å². The molecule has 0 saturated carbocycles. The summed E-state index contributed by atoms with van der Waals surface area (Å²) in [6.07, 6.45) is -0.611. The summed E-state index contributed by atoms with van der Waals surface area (Å²) in [5.41, 5.74) is 1.71. The zero-order valence-corrected chi connectivity index (χ0v) is 9.78. The fourth-order valence-electron chi connectivity index (χ4n) is 1.33. The Morgan fingerprint density at radius 1 is 1.56 bits per heavy atom. The smallest absolute Gasteiger partial charge is 0.257 e. The van der Waals surface area contributed by atoms with Gasteiger partial charge in [-0.3, -0.25) is 4.79 Å². The molecule has 4 heteroatoms. The molecule has 1 aromatic rings. The molecule has 16 heavy (non-hydrogen) atoms. The van der Waals surface area contributed by atoms with E-state index in [2.05, 4.69) is 5.32 Å². The fraction of sp³-hybridized carbons (Fsp3) is 0.417. The highest BCUT2D eigenvalue weighted by Crippen LogP contribution is 2.26. The van der Waals surface area contributed by atoms with E-state index in [1.807, 2.05) is 19.1 Å². The number of hydrogen-bond donors (Lipinski definition) is 2. The highest BCUT2D eigenvalue weighted by molar-refractivity contribution is 5.77. The van der Waals surface area contributed by atoms with Crippen LogP contribution in [-0.4, -0.2) is 24.7 Å². The Morgan fingerprint density at radius 2 is 2.25 bits per heavy atom. The Bertz CT molecular complexity index is 375. The number of ether oxygens (including phenoxy) is 1. The van der Waals surface area contributed by atoms with E-state index in [0.29, 0.717) is 11.3 Å². The molecule has 0 aliphatic heterocycles. The minimum Gasteiger partial charge on any atom is -0.483 e. The van der Waals surface area contributed by atoms with Crippen molar-refractivity contribution in [3.63, 3.8) is 0 Å². The molecule has 1 atom stereocenters. The van der Waals surface area contributed by atoms with Crippen LogP contribution < -0.4 is 10.1 Å². The molecule has 0 bridgehead atoms. The lowest BCUT2D eigenvalue weighted by Crippen LogP contribution is -2.25. The van der Waals surface area contributed by atoms with Crippen molar-refractivity contribution in [1.29, 1.82) is 0 Å². The second kappa shape index (κ2) is 5.51. The van der Waals surface area contributed by atoms with E-state index >= 15 is 0 Å². The first kappa shape index (κ1) is 12.5. The number of benzene rings is 1. The quantitative estimate of drug-likeness (QED) is 0.805. The van der Waals surface area contributed by atoms with Crippen molar-refractivity contribution in [2.45, 2.75) is 20.0 Å². The number of aryl methyl sites for hydroxylation is 1. The Balaban J connectivity index is 2.84. The Hall–Kier alpha value is -1.55. The first-order valence-electron chi connectivity index (χ1n) is 5.16. The number of aliphatic hydroxyl groups excluding tert-OH is 1. The molecule has 2 N–H and O–H groups in total. The molecular formula is C12H17NO3. The maximum absolute atomic E-state index is 11.1. The van der Waals surface area contributed by atoms with Gasteiger partial charge in [-0.05, 0) is 25.5 Å². The highest BCUT2D eigenvalue weighted by atomic mass is 16.5. The van der Waals surface area contributed by atoms with Gasteiger partial charge in [0.25, 0.3) is 5.91 Å². The standard InChI is InChI=1S/C12H17NO3/c1-8-4-5-10(9(2)14)11(6-8)16-7-12(15)13-3/h4-6,9,14H,7H2,1-3H3,(H,13,15)/t9-/m1/s1. The van der Waals surface area contributed by atoms with Crippen LogP contribution in [0, 0.1) is 6.92 Å². The molecule has 1 rings (SSSR count). The van der Waals surface area contributed by atoms with Crippen LogP contribution in [0.4, 0.5) is 0 Å². The van der Waals surface area contributed by atoms with Crippen LogP contribution in [-0.2, 0) is 4.79 Å². The number of aliphatic hydroxyl groups is 1. The normalized spacial score (nSPS) is 12.0. The van der Waals surface area contributed by atoms with Gasteiger partial charge in [0, 0.05) is 12.6 Å². The number of carbonyl (C=O) groups excluding carboxylic acids is 1. The fourth-order valence-corrected chi connectivity index (χ4v) is 1.33. The largest absolute Gasteiger partial charge is 0.483 e. The van der Waals surface area contributed by atoms with Crippen molar-refractivity contribution < 1.29 is 14.6 Å². The molecule has 0 spiro atoms. The maximum Gasteiger partial charge on any atom is 0.257 e. The lowest BCUT2D eigenvalue weighted by molar-refractivity contribution is -0.122. The summed E-state index contributed by atoms with van der Waals surface area (Å²) in [6, 6.07) is 5.51. The predicted molar refractivity (Wildman–Crippen MR) is 61.4 cm³/mol. The van der Waals surface area contributed by atoms with Crippen molar-refractivity contribution in [2.24, 2.45) is 0 Å². The van der Waals surface area contributed by atoms with Gasteiger partial charge < -0.3 is 15.2 Å². The van der Waals surface area contributed by atoms with Gasteiger partial charge in [0.05, 0.1) is 6.10 Å². The molecule has 1 aromatic carbocycles. The first-order valence-corrected chi connectivity index (χ1v) is 5.16. The summed E-state index contributed by atoms with van der Waals surface area (Å²) in [6.45, 7) is 3.55. The minimum absolute atomic E-state index is 0.0420. The van der Waals surface area contributed by atoms with Gasteiger partial charge in [-0.15, -0.1) is 0 Å². The van der Waals surface area contributed by atoms with Crippen LogP contribution in [0.1, 0.15) is 24.2 Å². The summed E-state index contributed by atoms with van der Waals surface area (Å²) in [4.78, 5) is 11.1. The molecule has 0 aliphatic rings. The number of amides is 1. The molecule has 88 valence electrons. The molecule has 0 unspecified atom stereocenters. The third-order valence-corrected chi connectivity index (χ3v) is 2.26. The van der Waals surface area contributed by atoms with E-state index in [1.54, 1.807) is 20.0 Å². The Kier molecular flexibility index (Phi) is 4.31. The third-order valence-electron chi connectivity index (χ3n) is 2.26. The molecule has 4 nitrogen and oxygen atoms in total. The van der Waals surface area contributed by atoms with Crippen molar-refractivity contribution in [2.75, 3.05) is 13.7 Å². The van der Waals surface area contributed by atoms with E-state index in [4.69, 9.17) is 4.74 Å². The second-order valence-corrected chi connectivity index (χ2v) is 3.68. The van der Waals surface area contributed by atoms with Crippen molar-refractivity contribution in [1.82, 2.24) is 5.32 Å². The van der Waals surface area contributed by atoms with Crippen LogP contribution >= 0.6 is 0 Å². The van der Waals surface area contributed by atoms with Gasteiger partial charge in [0.15, 0.2) is 6.61 Å². The number of rotatable bonds is 4. The lowest BCUT2D eigenvalue weighted by atomic mass is 10.1. The van der Waals surface area contributed by atoms with Crippen molar-refractivity contribution in [3.05, 3.63) is 29.3 Å². The molecule has 1 amide bonds. The number of carbonyl (C=O) groups is 1. The molecule has 0 aromatic heterocycles. The van der Waals surface area contributed by atoms with Gasteiger partial charge in [-0.25, -0.2) is 0 Å². The van der Waals surface area contributed by atoms with E-state index in [9.17, 15) is 9.90 Å². The SMILES string of the molecule is CNC(=O)COc1cc(C)ccc1[C@@H](C)O. The Labute approximate surface area is 95.2 Å². The molecule has 0 heterocycles. The zero-order valence-electron chi connectivity index (χ0n) is 9.78. The molecule has 0 fully saturated rings. The second-order valence-electron chi connectivity index (χ2n) is 3.68. The van der Waals surface area contributed by atoms with E-state index < -0.39 is 6.10 Å². The predicted octanol–water partition coefficient (Wildman–Crippen LogP) is 1.17. The topological polar surface area (TPSA) is 58.6 Å². The summed E-state index contributed by atoms with van der Waals surface area (Å²) in [7, 11) is 1.55. The number of nitrogens with one attached hydrogen (secondary N) is 1. The average Bonchev–Trinajstić information content (AvgIpc) is 2.25. The van der Waals surface area contributed by atoms with Gasteiger partial charge >= 0.3 is 0 Å². The summed E-state index contributed by atoms with van der Waals surface area (Å²) < 4.78 is 5.36. The lowest BCUT2D eigenvalue weighted by Gasteiger charge is -2.13. The Morgan fingerprint density at radius 3 is 2.81 bits per heavy atom. The van der Waals surface area contributed by atoms with Crippen LogP contribution in [0.25, 0.3) is 0 Å². The van der Waals surface area contributed by atoms with Crippen molar-refractivity contribution in [3.8, 4) is 5.75 Å². The van der Waals surface area contributed by atoms with Crippen LogP contribution in [0.5, 0.6) is 5.75 Å². The minimum atomic E-state index is -0.611. The molecular weight excluding hydrogens is 206 g/mol. The van der Waals surface area contributed by atoms with Gasteiger partial charge in [0.2, 0.25) is 0 Å². The summed E-state index contributed by atoms with van der Waals surface area (Å²) in [5, 5.41) is 12.0. The van der Waals surface area contributed by atoms with E-state index in [-0.39, 0.29) is 12.5 Å². The monoisotopic (exact) mass is 223 g/mol. The van der Waals surface area contributed by atoms with Gasteiger partial charge in [-0.1, -0.05) is 12.1 Å². The molecule has 0 radical (unpaired) electrons. The first-order chi connectivity index (χ1) is 7.54. The molecule has 0 saturated heterocycles.